The quantitative estimate of drug-likeness (QED) is 0.590. The van der Waals surface area contributed by atoms with Crippen molar-refractivity contribution in [3.63, 3.8) is 0 Å². The van der Waals surface area contributed by atoms with Gasteiger partial charge >= 0.3 is 0 Å². The summed E-state index contributed by atoms with van der Waals surface area (Å²) in [6, 6.07) is 11.1. The Balaban J connectivity index is 1.39. The average molecular weight is 433 g/mol. The number of piperidine rings is 1. The van der Waals surface area contributed by atoms with E-state index in [9.17, 15) is 4.79 Å². The first-order valence-electron chi connectivity index (χ1n) is 9.67. The van der Waals surface area contributed by atoms with Gasteiger partial charge in [-0.25, -0.2) is 0 Å². The lowest BCUT2D eigenvalue weighted by molar-refractivity contribution is 0.0991. The number of amides is 1. The van der Waals surface area contributed by atoms with Crippen molar-refractivity contribution in [3.05, 3.63) is 69.7 Å². The number of anilines is 1. The first kappa shape index (κ1) is 20.0. The molecule has 0 spiro atoms. The van der Waals surface area contributed by atoms with Crippen LogP contribution in [0.15, 0.2) is 47.0 Å². The Morgan fingerprint density at radius 2 is 1.83 bits per heavy atom. The zero-order chi connectivity index (χ0) is 20.2. The fraction of sp³-hybridized carbons (Fsp3) is 0.333. The van der Waals surface area contributed by atoms with Crippen LogP contribution in [0.5, 0.6) is 0 Å². The molecule has 1 fully saturated rings. The smallest absolute Gasteiger partial charge is 0.292 e. The minimum absolute atomic E-state index is 0.244. The van der Waals surface area contributed by atoms with Crippen molar-refractivity contribution in [2.75, 3.05) is 18.4 Å². The Morgan fingerprint density at radius 3 is 2.62 bits per heavy atom. The number of aromatic nitrogens is 2. The second-order valence-electron chi connectivity index (χ2n) is 7.17. The number of nitrogens with one attached hydrogen (secondary N) is 1. The SMILES string of the molecule is O=C(Nc1nn(Cc2ccccc2Cl)cc1Cl)c1ccc(CN2CCCCC2)o1. The van der Waals surface area contributed by atoms with Gasteiger partial charge in [0.1, 0.15) is 10.8 Å². The maximum absolute atomic E-state index is 12.5. The molecular formula is C21H22Cl2N4O2. The van der Waals surface area contributed by atoms with Gasteiger partial charge in [-0.2, -0.15) is 5.10 Å². The summed E-state index contributed by atoms with van der Waals surface area (Å²) in [7, 11) is 0. The molecule has 1 aromatic carbocycles. The van der Waals surface area contributed by atoms with Gasteiger partial charge in [-0.3, -0.25) is 14.4 Å². The molecule has 1 saturated heterocycles. The van der Waals surface area contributed by atoms with Gasteiger partial charge in [-0.15, -0.1) is 0 Å². The van der Waals surface area contributed by atoms with Gasteiger partial charge < -0.3 is 9.73 Å². The fourth-order valence-electron chi connectivity index (χ4n) is 3.46. The van der Waals surface area contributed by atoms with Crippen molar-refractivity contribution in [2.45, 2.75) is 32.4 Å². The van der Waals surface area contributed by atoms with Crippen LogP contribution in [0.1, 0.15) is 41.1 Å². The van der Waals surface area contributed by atoms with E-state index >= 15 is 0 Å². The van der Waals surface area contributed by atoms with E-state index in [1.165, 1.54) is 19.3 Å². The summed E-state index contributed by atoms with van der Waals surface area (Å²) in [6.07, 6.45) is 5.36. The first-order valence-corrected chi connectivity index (χ1v) is 10.4. The first-order chi connectivity index (χ1) is 14.1. The molecule has 4 rings (SSSR count). The van der Waals surface area contributed by atoms with Crippen LogP contribution >= 0.6 is 23.2 Å². The Morgan fingerprint density at radius 1 is 1.03 bits per heavy atom. The van der Waals surface area contributed by atoms with E-state index < -0.39 is 0 Å². The Kier molecular flexibility index (Phi) is 6.23. The zero-order valence-corrected chi connectivity index (χ0v) is 17.4. The number of carbonyl (C=O) groups is 1. The molecule has 0 unspecified atom stereocenters. The molecule has 0 aliphatic carbocycles. The summed E-state index contributed by atoms with van der Waals surface area (Å²) < 4.78 is 7.37. The van der Waals surface area contributed by atoms with E-state index in [4.69, 9.17) is 27.6 Å². The van der Waals surface area contributed by atoms with Gasteiger partial charge in [-0.1, -0.05) is 47.8 Å². The van der Waals surface area contributed by atoms with Gasteiger partial charge in [0, 0.05) is 11.2 Å². The molecule has 0 atom stereocenters. The van der Waals surface area contributed by atoms with E-state index in [0.29, 0.717) is 16.6 Å². The largest absolute Gasteiger partial charge is 0.455 e. The van der Waals surface area contributed by atoms with E-state index in [-0.39, 0.29) is 17.5 Å². The molecule has 6 nitrogen and oxygen atoms in total. The van der Waals surface area contributed by atoms with Gasteiger partial charge in [0.15, 0.2) is 11.6 Å². The van der Waals surface area contributed by atoms with Gasteiger partial charge in [0.2, 0.25) is 0 Å². The highest BCUT2D eigenvalue weighted by atomic mass is 35.5. The van der Waals surface area contributed by atoms with Crippen molar-refractivity contribution in [2.24, 2.45) is 0 Å². The number of carbonyl (C=O) groups excluding carboxylic acids is 1. The summed E-state index contributed by atoms with van der Waals surface area (Å²) in [4.78, 5) is 14.9. The summed E-state index contributed by atoms with van der Waals surface area (Å²) in [6.45, 7) is 3.32. The Bertz CT molecular complexity index is 992. The number of hydrogen-bond donors (Lipinski definition) is 1. The van der Waals surface area contributed by atoms with Gasteiger partial charge in [0.25, 0.3) is 5.91 Å². The minimum Gasteiger partial charge on any atom is -0.455 e. The monoisotopic (exact) mass is 432 g/mol. The number of rotatable bonds is 6. The Labute approximate surface area is 179 Å². The maximum atomic E-state index is 12.5. The number of likely N-dealkylation sites (tertiary alicyclic amines) is 1. The number of nitrogens with zero attached hydrogens (tertiary/aromatic N) is 3. The molecule has 1 N–H and O–H groups in total. The topological polar surface area (TPSA) is 63.3 Å². The molecule has 3 aromatic rings. The number of benzene rings is 1. The fourth-order valence-corrected chi connectivity index (χ4v) is 3.85. The lowest BCUT2D eigenvalue weighted by Gasteiger charge is -2.25. The molecule has 2 aromatic heterocycles. The lowest BCUT2D eigenvalue weighted by Crippen LogP contribution is -2.28. The number of furan rings is 1. The summed E-state index contributed by atoms with van der Waals surface area (Å²) in [5, 5.41) is 8.08. The molecular weight excluding hydrogens is 411 g/mol. The predicted octanol–water partition coefficient (Wildman–Crippen LogP) is 5.07. The highest BCUT2D eigenvalue weighted by molar-refractivity contribution is 6.33. The van der Waals surface area contributed by atoms with E-state index in [1.54, 1.807) is 16.9 Å². The Hall–Kier alpha value is -2.28. The van der Waals surface area contributed by atoms with Crippen molar-refractivity contribution in [3.8, 4) is 0 Å². The average Bonchev–Trinajstić information content (AvgIpc) is 3.31. The van der Waals surface area contributed by atoms with Crippen LogP contribution < -0.4 is 5.32 Å². The lowest BCUT2D eigenvalue weighted by atomic mass is 10.1. The third kappa shape index (κ3) is 5.01. The highest BCUT2D eigenvalue weighted by Crippen LogP contribution is 2.23. The van der Waals surface area contributed by atoms with Crippen LogP contribution in [0.2, 0.25) is 10.0 Å². The molecule has 29 heavy (non-hydrogen) atoms. The van der Waals surface area contributed by atoms with Crippen LogP contribution in [-0.2, 0) is 13.1 Å². The van der Waals surface area contributed by atoms with Crippen molar-refractivity contribution in [1.29, 1.82) is 0 Å². The standard InChI is InChI=1S/C21H22Cl2N4O2/c22-17-7-3-2-6-15(17)12-27-14-18(23)20(25-27)24-21(28)19-9-8-16(29-19)13-26-10-4-1-5-11-26/h2-3,6-9,14H,1,4-5,10-13H2,(H,24,25,28). The summed E-state index contributed by atoms with van der Waals surface area (Å²) in [5.41, 5.74) is 0.916. The number of hydrogen-bond acceptors (Lipinski definition) is 4. The molecule has 1 amide bonds. The van der Waals surface area contributed by atoms with Crippen LogP contribution in [0.4, 0.5) is 5.82 Å². The van der Waals surface area contributed by atoms with E-state index in [1.807, 2.05) is 30.3 Å². The molecule has 3 heterocycles. The summed E-state index contributed by atoms with van der Waals surface area (Å²) in [5.74, 6) is 0.943. The summed E-state index contributed by atoms with van der Waals surface area (Å²) >= 11 is 12.4. The van der Waals surface area contributed by atoms with E-state index in [2.05, 4.69) is 15.3 Å². The van der Waals surface area contributed by atoms with Crippen LogP contribution in [0.25, 0.3) is 0 Å². The van der Waals surface area contributed by atoms with E-state index in [0.717, 1.165) is 31.0 Å². The molecule has 1 aliphatic heterocycles. The molecule has 152 valence electrons. The molecule has 8 heteroatoms. The van der Waals surface area contributed by atoms with Gasteiger partial charge in [0.05, 0.1) is 13.1 Å². The normalized spacial score (nSPS) is 14.8. The van der Waals surface area contributed by atoms with Crippen molar-refractivity contribution >= 4 is 34.9 Å². The van der Waals surface area contributed by atoms with Gasteiger partial charge in [-0.05, 0) is 49.7 Å². The third-order valence-electron chi connectivity index (χ3n) is 4.95. The van der Waals surface area contributed by atoms with Crippen LogP contribution in [0.3, 0.4) is 0 Å². The van der Waals surface area contributed by atoms with Crippen molar-refractivity contribution in [1.82, 2.24) is 14.7 Å². The molecule has 0 radical (unpaired) electrons. The van der Waals surface area contributed by atoms with Crippen LogP contribution in [-0.4, -0.2) is 33.7 Å². The molecule has 0 bridgehead atoms. The highest BCUT2D eigenvalue weighted by Gasteiger charge is 2.18. The number of halogens is 2. The zero-order valence-electron chi connectivity index (χ0n) is 15.9. The second kappa shape index (κ2) is 9.03. The van der Waals surface area contributed by atoms with Crippen LogP contribution in [0, 0.1) is 0 Å². The molecule has 0 saturated carbocycles. The predicted molar refractivity (Wildman–Crippen MR) is 114 cm³/mol. The maximum Gasteiger partial charge on any atom is 0.292 e. The second-order valence-corrected chi connectivity index (χ2v) is 7.99. The van der Waals surface area contributed by atoms with Crippen molar-refractivity contribution < 1.29 is 9.21 Å². The minimum atomic E-state index is -0.375. The third-order valence-corrected chi connectivity index (χ3v) is 5.60. The molecule has 1 aliphatic rings.